The van der Waals surface area contributed by atoms with Crippen molar-refractivity contribution in [3.8, 4) is 0 Å². The first kappa shape index (κ1) is 11.9. The molecular weight excluding hydrogens is 210 g/mol. The maximum absolute atomic E-state index is 11.2. The van der Waals surface area contributed by atoms with Crippen molar-refractivity contribution >= 4 is 18.7 Å². The molecule has 1 rings (SSSR count). The van der Waals surface area contributed by atoms with E-state index in [9.17, 15) is 4.79 Å². The Morgan fingerprint density at radius 2 is 2.13 bits per heavy atom. The van der Waals surface area contributed by atoms with Gasteiger partial charge in [0.25, 0.3) is 0 Å². The van der Waals surface area contributed by atoms with Crippen LogP contribution in [0, 0.1) is 0 Å². The molecule has 0 radical (unpaired) electrons. The minimum absolute atomic E-state index is 0.0429. The third-order valence-electron chi connectivity index (χ3n) is 1.96. The first-order chi connectivity index (χ1) is 7.24. The fourth-order valence-electron chi connectivity index (χ4n) is 1.18. The van der Waals surface area contributed by atoms with Crippen LogP contribution >= 0.6 is 12.6 Å². The molecule has 1 aromatic rings. The second kappa shape index (κ2) is 6.35. The van der Waals surface area contributed by atoms with Crippen LogP contribution in [0.1, 0.15) is 18.5 Å². The van der Waals surface area contributed by atoms with Crippen LogP contribution in [0.3, 0.4) is 0 Å². The first-order valence-electron chi connectivity index (χ1n) is 4.83. The fraction of sp³-hybridized carbons (Fsp3) is 0.364. The Labute approximate surface area is 95.2 Å². The number of amides is 1. The van der Waals surface area contributed by atoms with Crippen LogP contribution in [0.15, 0.2) is 30.3 Å². The van der Waals surface area contributed by atoms with Gasteiger partial charge in [-0.25, -0.2) is 4.79 Å². The van der Waals surface area contributed by atoms with E-state index in [0.717, 1.165) is 5.56 Å². The Bertz CT molecular complexity index is 303. The van der Waals surface area contributed by atoms with Crippen molar-refractivity contribution in [1.29, 1.82) is 0 Å². The van der Waals surface area contributed by atoms with E-state index in [1.807, 2.05) is 37.3 Å². The van der Waals surface area contributed by atoms with Gasteiger partial charge in [0.1, 0.15) is 6.61 Å². The molecule has 0 aliphatic carbocycles. The molecule has 0 saturated carbocycles. The summed E-state index contributed by atoms with van der Waals surface area (Å²) >= 11 is 3.95. The molecule has 0 bridgehead atoms. The summed E-state index contributed by atoms with van der Waals surface area (Å²) in [5.41, 5.74) is 1.06. The van der Waals surface area contributed by atoms with Crippen molar-refractivity contribution in [2.24, 2.45) is 0 Å². The van der Waals surface area contributed by atoms with Gasteiger partial charge in [0.05, 0.1) is 6.04 Å². The van der Waals surface area contributed by atoms with Crippen molar-refractivity contribution in [1.82, 2.24) is 5.32 Å². The average Bonchev–Trinajstić information content (AvgIpc) is 2.27. The smallest absolute Gasteiger partial charge is 0.407 e. The number of rotatable bonds is 4. The summed E-state index contributed by atoms with van der Waals surface area (Å²) < 4.78 is 4.86. The Hall–Kier alpha value is -1.16. The molecule has 0 heterocycles. The second-order valence-corrected chi connectivity index (χ2v) is 3.58. The van der Waals surface area contributed by atoms with E-state index < -0.39 is 6.09 Å². The molecule has 1 atom stereocenters. The highest BCUT2D eigenvalue weighted by Gasteiger charge is 2.08. The van der Waals surface area contributed by atoms with Gasteiger partial charge in [0.2, 0.25) is 0 Å². The topological polar surface area (TPSA) is 38.3 Å². The molecule has 15 heavy (non-hydrogen) atoms. The van der Waals surface area contributed by atoms with Gasteiger partial charge >= 0.3 is 6.09 Å². The lowest BCUT2D eigenvalue weighted by molar-refractivity contribution is 0.150. The number of thiol groups is 1. The molecular formula is C11H15NO2S. The van der Waals surface area contributed by atoms with Gasteiger partial charge in [-0.05, 0) is 12.5 Å². The summed E-state index contributed by atoms with van der Waals surface area (Å²) in [5.74, 6) is 0.535. The Morgan fingerprint density at radius 1 is 1.47 bits per heavy atom. The molecule has 1 amide bonds. The van der Waals surface area contributed by atoms with E-state index in [0.29, 0.717) is 12.4 Å². The maximum atomic E-state index is 11.2. The number of benzene rings is 1. The molecule has 0 aromatic heterocycles. The third kappa shape index (κ3) is 4.25. The standard InChI is InChI=1S/C11H15NO2S/c1-9(10-5-3-2-4-6-10)12-11(13)14-7-8-15/h2-6,9,15H,7-8H2,1H3,(H,12,13). The summed E-state index contributed by atoms with van der Waals surface area (Å²) in [6.07, 6.45) is -0.402. The molecule has 3 nitrogen and oxygen atoms in total. The number of ether oxygens (including phenoxy) is 1. The second-order valence-electron chi connectivity index (χ2n) is 3.14. The molecule has 0 spiro atoms. The zero-order chi connectivity index (χ0) is 11.1. The maximum Gasteiger partial charge on any atom is 0.407 e. The largest absolute Gasteiger partial charge is 0.449 e. The Kier molecular flexibility index (Phi) is 5.04. The zero-order valence-corrected chi connectivity index (χ0v) is 9.54. The van der Waals surface area contributed by atoms with Gasteiger partial charge in [-0.1, -0.05) is 30.3 Å². The van der Waals surface area contributed by atoms with E-state index in [4.69, 9.17) is 4.74 Å². The molecule has 1 aromatic carbocycles. The Balaban J connectivity index is 2.42. The summed E-state index contributed by atoms with van der Waals surface area (Å²) in [5, 5.41) is 2.74. The highest BCUT2D eigenvalue weighted by atomic mass is 32.1. The predicted molar refractivity (Wildman–Crippen MR) is 63.2 cm³/mol. The van der Waals surface area contributed by atoms with Crippen LogP contribution in [0.25, 0.3) is 0 Å². The number of hydrogen-bond acceptors (Lipinski definition) is 3. The molecule has 0 fully saturated rings. The number of carbonyl (C=O) groups is 1. The van der Waals surface area contributed by atoms with Crippen LogP contribution < -0.4 is 5.32 Å². The SMILES string of the molecule is CC(NC(=O)OCCS)c1ccccc1. The van der Waals surface area contributed by atoms with Crippen molar-refractivity contribution in [3.63, 3.8) is 0 Å². The van der Waals surface area contributed by atoms with Crippen molar-refractivity contribution in [2.45, 2.75) is 13.0 Å². The minimum Gasteiger partial charge on any atom is -0.449 e. The third-order valence-corrected chi connectivity index (χ3v) is 2.14. The van der Waals surface area contributed by atoms with Crippen LogP contribution in [0.5, 0.6) is 0 Å². The van der Waals surface area contributed by atoms with Crippen molar-refractivity contribution in [3.05, 3.63) is 35.9 Å². The molecule has 0 saturated heterocycles. The summed E-state index contributed by atoms with van der Waals surface area (Å²) in [4.78, 5) is 11.2. The van der Waals surface area contributed by atoms with Gasteiger partial charge in [-0.3, -0.25) is 0 Å². The average molecular weight is 225 g/mol. The van der Waals surface area contributed by atoms with Crippen molar-refractivity contribution in [2.75, 3.05) is 12.4 Å². The van der Waals surface area contributed by atoms with Crippen molar-refractivity contribution < 1.29 is 9.53 Å². The van der Waals surface area contributed by atoms with E-state index in [2.05, 4.69) is 17.9 Å². The Morgan fingerprint density at radius 3 is 2.73 bits per heavy atom. The van der Waals surface area contributed by atoms with Gasteiger partial charge in [0.15, 0.2) is 0 Å². The highest BCUT2D eigenvalue weighted by molar-refractivity contribution is 7.80. The highest BCUT2D eigenvalue weighted by Crippen LogP contribution is 2.10. The van der Waals surface area contributed by atoms with Crippen LogP contribution in [-0.2, 0) is 4.74 Å². The number of alkyl carbamates (subject to hydrolysis) is 1. The lowest BCUT2D eigenvalue weighted by Crippen LogP contribution is -2.27. The van der Waals surface area contributed by atoms with Gasteiger partial charge < -0.3 is 10.1 Å². The normalized spacial score (nSPS) is 11.9. The fourth-order valence-corrected chi connectivity index (χ4v) is 1.27. The molecule has 1 N–H and O–H groups in total. The number of nitrogens with one attached hydrogen (secondary N) is 1. The lowest BCUT2D eigenvalue weighted by atomic mass is 10.1. The van der Waals surface area contributed by atoms with E-state index in [1.165, 1.54) is 0 Å². The summed E-state index contributed by atoms with van der Waals surface area (Å²) in [6, 6.07) is 9.69. The summed E-state index contributed by atoms with van der Waals surface area (Å²) in [7, 11) is 0. The zero-order valence-electron chi connectivity index (χ0n) is 8.64. The van der Waals surface area contributed by atoms with E-state index in [-0.39, 0.29) is 6.04 Å². The minimum atomic E-state index is -0.402. The molecule has 0 aliphatic rings. The van der Waals surface area contributed by atoms with E-state index >= 15 is 0 Å². The lowest BCUT2D eigenvalue weighted by Gasteiger charge is -2.13. The van der Waals surface area contributed by atoms with Gasteiger partial charge in [-0.2, -0.15) is 12.6 Å². The molecule has 4 heteroatoms. The number of hydrogen-bond donors (Lipinski definition) is 2. The molecule has 0 aliphatic heterocycles. The summed E-state index contributed by atoms with van der Waals surface area (Å²) in [6.45, 7) is 2.24. The van der Waals surface area contributed by atoms with E-state index in [1.54, 1.807) is 0 Å². The van der Waals surface area contributed by atoms with Gasteiger partial charge in [0, 0.05) is 5.75 Å². The van der Waals surface area contributed by atoms with Gasteiger partial charge in [-0.15, -0.1) is 0 Å². The van der Waals surface area contributed by atoms with Crippen LogP contribution in [0.4, 0.5) is 4.79 Å². The first-order valence-corrected chi connectivity index (χ1v) is 5.46. The molecule has 1 unspecified atom stereocenters. The monoisotopic (exact) mass is 225 g/mol. The quantitative estimate of drug-likeness (QED) is 0.772. The predicted octanol–water partition coefficient (Wildman–Crippen LogP) is 2.40. The molecule has 82 valence electrons. The van der Waals surface area contributed by atoms with Crippen LogP contribution in [0.2, 0.25) is 0 Å². The van der Waals surface area contributed by atoms with Crippen LogP contribution in [-0.4, -0.2) is 18.5 Å². The number of carbonyl (C=O) groups excluding carboxylic acids is 1.